The van der Waals surface area contributed by atoms with Gasteiger partial charge in [-0.05, 0) is 125 Å². The number of nitrogens with one attached hydrogen (secondary N) is 3. The first kappa shape index (κ1) is 52.5. The summed E-state index contributed by atoms with van der Waals surface area (Å²) in [5.41, 5.74) is 15.8. The van der Waals surface area contributed by atoms with E-state index in [1.807, 2.05) is 66.7 Å². The van der Waals surface area contributed by atoms with Crippen LogP contribution in [0.4, 0.5) is 37.7 Å². The molecule has 396 valence electrons. The third-order valence-corrected chi connectivity index (χ3v) is 13.8. The molecule has 0 radical (unpaired) electrons. The van der Waals surface area contributed by atoms with E-state index in [0.717, 1.165) is 56.9 Å². The predicted molar refractivity (Wildman–Crippen MR) is 280 cm³/mol. The van der Waals surface area contributed by atoms with Crippen molar-refractivity contribution in [1.29, 1.82) is 0 Å². The van der Waals surface area contributed by atoms with Gasteiger partial charge in [0.1, 0.15) is 17.5 Å². The number of benzene rings is 6. The molecular formula is C59H55F6N9O3. The molecule has 10 rings (SSSR count). The summed E-state index contributed by atoms with van der Waals surface area (Å²) in [5, 5.41) is 16.8. The molecule has 3 unspecified atom stereocenters. The van der Waals surface area contributed by atoms with E-state index in [1.54, 1.807) is 84.9 Å². The van der Waals surface area contributed by atoms with E-state index in [0.29, 0.717) is 59.1 Å². The predicted octanol–water partition coefficient (Wildman–Crippen LogP) is 12.1. The van der Waals surface area contributed by atoms with E-state index in [1.165, 1.54) is 12.8 Å². The van der Waals surface area contributed by atoms with Crippen LogP contribution in [-0.4, -0.2) is 44.5 Å². The van der Waals surface area contributed by atoms with Crippen molar-refractivity contribution in [2.45, 2.75) is 69.2 Å². The summed E-state index contributed by atoms with van der Waals surface area (Å²) >= 11 is 0. The Bertz CT molecular complexity index is 3370. The third kappa shape index (κ3) is 12.7. The SMILES string of the molecule is NCc1cccc(-n2nc(C(F)(F)F)cc2C(=O)Nc2cccc(C(NCC3CC3)c3ccc(C(N)c4cccc(-n5nc(C(F)(F)F)cc5C(=O)Nc5cccc(C(OCCC6CC6)c6ccccc6)c5)c4)cc3)c2)c1. The Morgan fingerprint density at radius 1 is 0.571 bits per heavy atom. The lowest BCUT2D eigenvalue weighted by Gasteiger charge is -2.22. The van der Waals surface area contributed by atoms with Crippen molar-refractivity contribution in [1.82, 2.24) is 24.9 Å². The first-order valence-corrected chi connectivity index (χ1v) is 25.4. The Morgan fingerprint density at radius 3 is 1.68 bits per heavy atom. The molecule has 2 heterocycles. The number of alkyl halides is 6. The molecule has 2 saturated carbocycles. The van der Waals surface area contributed by atoms with Crippen LogP contribution < -0.4 is 27.4 Å². The van der Waals surface area contributed by atoms with Crippen LogP contribution >= 0.6 is 0 Å². The fourth-order valence-corrected chi connectivity index (χ4v) is 9.28. The zero-order valence-electron chi connectivity index (χ0n) is 41.6. The molecule has 77 heavy (non-hydrogen) atoms. The Kier molecular flexibility index (Phi) is 15.3. The van der Waals surface area contributed by atoms with Gasteiger partial charge in [0.15, 0.2) is 11.4 Å². The number of rotatable bonds is 20. The second-order valence-electron chi connectivity index (χ2n) is 19.6. The minimum Gasteiger partial charge on any atom is -0.369 e. The lowest BCUT2D eigenvalue weighted by atomic mass is 9.94. The second kappa shape index (κ2) is 22.4. The summed E-state index contributed by atoms with van der Waals surface area (Å²) in [6.07, 6.45) is -4.61. The largest absolute Gasteiger partial charge is 0.435 e. The smallest absolute Gasteiger partial charge is 0.369 e. The summed E-state index contributed by atoms with van der Waals surface area (Å²) in [7, 11) is 0. The fraction of sp³-hybridized carbons (Fsp3) is 0.254. The molecule has 0 bridgehead atoms. The average Bonchev–Trinajstić information content (AvgIpc) is 4.39. The summed E-state index contributed by atoms with van der Waals surface area (Å²) in [6.45, 7) is 1.39. The van der Waals surface area contributed by atoms with Gasteiger partial charge in [0.25, 0.3) is 11.8 Å². The molecule has 2 aliphatic rings. The number of halogens is 6. The maximum atomic E-state index is 14.3. The van der Waals surface area contributed by atoms with Crippen LogP contribution in [0.15, 0.2) is 164 Å². The Labute approximate surface area is 440 Å². The third-order valence-electron chi connectivity index (χ3n) is 13.8. The standard InChI is InChI=1S/C59H55F6N9O3/c60-58(61,62)51-32-49(73(71-51)47-16-4-8-38(28-47)34-66)56(75)69-45-14-5-12-43(29-45)54(68-35-37-20-21-37)40-24-22-39(23-25-40)53(67)42-11-7-17-48(31-42)74-50(33-52(72-74)59(63,64)65)57(76)70-46-15-6-13-44(30-46)55(41-9-2-1-3-10-41)77-27-26-36-18-19-36/h1-17,22-25,28-33,36-37,53-55,68H,18-21,26-27,34-35,66-67H2,(H,69,75)(H,70,76). The van der Waals surface area contributed by atoms with Gasteiger partial charge >= 0.3 is 12.4 Å². The van der Waals surface area contributed by atoms with Crippen LogP contribution in [0.2, 0.25) is 0 Å². The number of anilines is 2. The Hall–Kier alpha value is -7.90. The summed E-state index contributed by atoms with van der Waals surface area (Å²) in [5.74, 6) is -0.463. The fourth-order valence-electron chi connectivity index (χ4n) is 9.28. The van der Waals surface area contributed by atoms with E-state index < -0.39 is 47.7 Å². The van der Waals surface area contributed by atoms with Crippen LogP contribution in [0.1, 0.15) is 122 Å². The highest BCUT2D eigenvalue weighted by molar-refractivity contribution is 6.04. The molecule has 12 nitrogen and oxygen atoms in total. The molecule has 18 heteroatoms. The van der Waals surface area contributed by atoms with Crippen LogP contribution in [0, 0.1) is 11.8 Å². The number of hydrogen-bond acceptors (Lipinski definition) is 8. The molecule has 2 aromatic heterocycles. The normalized spacial score (nSPS) is 15.0. The van der Waals surface area contributed by atoms with Gasteiger partial charge < -0.3 is 32.2 Å². The molecule has 2 fully saturated rings. The summed E-state index contributed by atoms with van der Waals surface area (Å²) in [4.78, 5) is 27.8. The number of nitrogens with two attached hydrogens (primary N) is 2. The van der Waals surface area contributed by atoms with Crippen molar-refractivity contribution < 1.29 is 40.7 Å². The highest BCUT2D eigenvalue weighted by atomic mass is 19.4. The lowest BCUT2D eigenvalue weighted by Crippen LogP contribution is -2.25. The van der Waals surface area contributed by atoms with Crippen molar-refractivity contribution in [2.75, 3.05) is 23.8 Å². The average molecular weight is 1050 g/mol. The van der Waals surface area contributed by atoms with Gasteiger partial charge in [-0.1, -0.05) is 116 Å². The molecular weight excluding hydrogens is 997 g/mol. The Morgan fingerprint density at radius 2 is 1.09 bits per heavy atom. The molecule has 7 N–H and O–H groups in total. The molecule has 3 atom stereocenters. The maximum absolute atomic E-state index is 14.3. The quantitative estimate of drug-likeness (QED) is 0.0470. The van der Waals surface area contributed by atoms with E-state index in [2.05, 4.69) is 26.1 Å². The number of ether oxygens (including phenoxy) is 1. The zero-order chi connectivity index (χ0) is 53.8. The van der Waals surface area contributed by atoms with Gasteiger partial charge in [-0.2, -0.15) is 36.5 Å². The number of nitrogens with zero attached hydrogens (tertiary/aromatic N) is 4. The number of carbonyl (C=O) groups excluding carboxylic acids is 2. The van der Waals surface area contributed by atoms with Gasteiger partial charge in [-0.15, -0.1) is 0 Å². The summed E-state index contributed by atoms with van der Waals surface area (Å²) < 4.78 is 93.1. The van der Waals surface area contributed by atoms with Gasteiger partial charge in [0, 0.05) is 36.7 Å². The minimum atomic E-state index is -4.86. The number of hydrogen-bond donors (Lipinski definition) is 5. The van der Waals surface area contributed by atoms with Gasteiger partial charge in [0.05, 0.1) is 23.5 Å². The van der Waals surface area contributed by atoms with Crippen molar-refractivity contribution >= 4 is 23.2 Å². The maximum Gasteiger partial charge on any atom is 0.435 e. The van der Waals surface area contributed by atoms with Crippen molar-refractivity contribution in [3.05, 3.63) is 226 Å². The van der Waals surface area contributed by atoms with Gasteiger partial charge in [0.2, 0.25) is 0 Å². The highest BCUT2D eigenvalue weighted by Crippen LogP contribution is 2.37. The minimum absolute atomic E-state index is 0.133. The van der Waals surface area contributed by atoms with Crippen molar-refractivity contribution in [3.8, 4) is 11.4 Å². The van der Waals surface area contributed by atoms with Crippen LogP contribution in [0.5, 0.6) is 0 Å². The van der Waals surface area contributed by atoms with E-state index >= 15 is 0 Å². The topological polar surface area (TPSA) is 167 Å². The molecule has 0 spiro atoms. The van der Waals surface area contributed by atoms with Gasteiger partial charge in [-0.25, -0.2) is 9.36 Å². The Balaban J connectivity index is 0.875. The molecule has 6 aromatic carbocycles. The second-order valence-corrected chi connectivity index (χ2v) is 19.6. The summed E-state index contributed by atoms with van der Waals surface area (Å²) in [6, 6.07) is 44.6. The first-order valence-electron chi connectivity index (χ1n) is 25.4. The van der Waals surface area contributed by atoms with Crippen molar-refractivity contribution in [3.63, 3.8) is 0 Å². The van der Waals surface area contributed by atoms with Crippen LogP contribution in [-0.2, 0) is 23.6 Å². The molecule has 0 saturated heterocycles. The molecule has 0 aliphatic heterocycles. The highest BCUT2D eigenvalue weighted by Gasteiger charge is 2.38. The van der Waals surface area contributed by atoms with E-state index in [4.69, 9.17) is 16.2 Å². The molecule has 8 aromatic rings. The van der Waals surface area contributed by atoms with Crippen LogP contribution in [0.3, 0.4) is 0 Å². The van der Waals surface area contributed by atoms with Crippen molar-refractivity contribution in [2.24, 2.45) is 23.3 Å². The van der Waals surface area contributed by atoms with E-state index in [9.17, 15) is 35.9 Å². The van der Waals surface area contributed by atoms with Crippen LogP contribution in [0.25, 0.3) is 11.4 Å². The number of aromatic nitrogens is 4. The molecule has 2 amide bonds. The van der Waals surface area contributed by atoms with Gasteiger partial charge in [-0.3, -0.25) is 9.59 Å². The van der Waals surface area contributed by atoms with E-state index in [-0.39, 0.29) is 35.3 Å². The number of amides is 2. The zero-order valence-corrected chi connectivity index (χ0v) is 41.6. The monoisotopic (exact) mass is 1050 g/mol. The number of carbonyl (C=O) groups is 2. The molecule has 2 aliphatic carbocycles. The lowest BCUT2D eigenvalue weighted by molar-refractivity contribution is -0.142. The first-order chi connectivity index (χ1) is 37.1.